The molecule has 0 aliphatic carbocycles. The van der Waals surface area contributed by atoms with E-state index in [2.05, 4.69) is 123 Å². The highest BCUT2D eigenvalue weighted by Gasteiger charge is 2.30. The molecule has 0 aliphatic heterocycles. The van der Waals surface area contributed by atoms with Gasteiger partial charge in [0.25, 0.3) is 0 Å². The number of quaternary nitrogens is 1. The first-order valence-electron chi connectivity index (χ1n) is 36.2. The molecule has 0 aromatic carbocycles. The van der Waals surface area contributed by atoms with Crippen LogP contribution in [0.5, 0.6) is 0 Å². The fourth-order valence-corrected chi connectivity index (χ4v) is 10.9. The Morgan fingerprint density at radius 2 is 0.736 bits per heavy atom. The number of likely N-dealkylation sites (N-methyl/N-ethyl adjacent to an activating group) is 1. The Morgan fingerprint density at radius 3 is 1.13 bits per heavy atom. The average Bonchev–Trinajstić information content (AvgIpc) is 3.70. The zero-order valence-electron chi connectivity index (χ0n) is 57.5. The van der Waals surface area contributed by atoms with Gasteiger partial charge in [0, 0.05) is 12.8 Å². The minimum absolute atomic E-state index is 0.0347. The summed E-state index contributed by atoms with van der Waals surface area (Å²) in [5.41, 5.74) is 0. The van der Waals surface area contributed by atoms with Crippen molar-refractivity contribution in [3.8, 4) is 0 Å². The number of phosphoric acid groups is 1. The molecule has 87 heavy (non-hydrogen) atoms. The molecule has 0 bridgehead atoms. The summed E-state index contributed by atoms with van der Waals surface area (Å²) < 4.78 is 30.8. The third kappa shape index (κ3) is 66.9. The van der Waals surface area contributed by atoms with E-state index >= 15 is 0 Å². The number of carbonyl (C=O) groups excluding carboxylic acids is 2. The largest absolute Gasteiger partial charge is 0.472 e. The van der Waals surface area contributed by atoms with Crippen LogP contribution < -0.4 is 5.32 Å². The number of phosphoric ester groups is 1. The maximum atomic E-state index is 13.6. The molecular formula is C77H138N2O7P+. The lowest BCUT2D eigenvalue weighted by Crippen LogP contribution is -2.47. The van der Waals surface area contributed by atoms with Gasteiger partial charge in [-0.3, -0.25) is 18.6 Å². The van der Waals surface area contributed by atoms with Crippen molar-refractivity contribution in [1.29, 1.82) is 0 Å². The van der Waals surface area contributed by atoms with E-state index in [9.17, 15) is 19.0 Å². The van der Waals surface area contributed by atoms with Crippen molar-refractivity contribution in [1.82, 2.24) is 5.32 Å². The first-order valence-corrected chi connectivity index (χ1v) is 37.7. The molecule has 0 fully saturated rings. The summed E-state index contributed by atoms with van der Waals surface area (Å²) in [6.45, 7) is 6.88. The normalized spacial score (nSPS) is 14.1. The quantitative estimate of drug-likeness (QED) is 0.0205. The van der Waals surface area contributed by atoms with Crippen LogP contribution in [0.25, 0.3) is 0 Å². The first kappa shape index (κ1) is 83.7. The van der Waals surface area contributed by atoms with E-state index in [1.54, 1.807) is 0 Å². The maximum Gasteiger partial charge on any atom is 0.472 e. The zero-order chi connectivity index (χ0) is 63.5. The van der Waals surface area contributed by atoms with E-state index in [-0.39, 0.29) is 31.5 Å². The van der Waals surface area contributed by atoms with Crippen LogP contribution in [0.3, 0.4) is 0 Å². The van der Waals surface area contributed by atoms with Gasteiger partial charge in [0.15, 0.2) is 0 Å². The van der Waals surface area contributed by atoms with Crippen LogP contribution in [0.15, 0.2) is 109 Å². The van der Waals surface area contributed by atoms with Crippen molar-refractivity contribution in [2.24, 2.45) is 0 Å². The van der Waals surface area contributed by atoms with Crippen molar-refractivity contribution < 1.29 is 37.3 Å². The van der Waals surface area contributed by atoms with Gasteiger partial charge in [0.2, 0.25) is 5.91 Å². The minimum atomic E-state index is -4.46. The summed E-state index contributed by atoms with van der Waals surface area (Å²) in [6.07, 6.45) is 91.0. The molecule has 502 valence electrons. The summed E-state index contributed by atoms with van der Waals surface area (Å²) in [7, 11) is 1.49. The number of hydrogen-bond acceptors (Lipinski definition) is 6. The Labute approximate surface area is 538 Å². The first-order chi connectivity index (χ1) is 42.4. The molecule has 3 atom stereocenters. The molecule has 0 saturated carbocycles. The Kier molecular flexibility index (Phi) is 63.1. The number of hydrogen-bond donors (Lipinski definition) is 2. The molecule has 0 spiro atoms. The number of carbonyl (C=O) groups is 2. The van der Waals surface area contributed by atoms with E-state index in [4.69, 9.17) is 13.8 Å². The minimum Gasteiger partial charge on any atom is -0.456 e. The average molecular weight is 1230 g/mol. The lowest BCUT2D eigenvalue weighted by atomic mass is 10.0. The molecule has 0 radical (unpaired) electrons. The highest BCUT2D eigenvalue weighted by Crippen LogP contribution is 2.43. The molecule has 2 N–H and O–H groups in total. The number of unbranched alkanes of at least 4 members (excludes halogenated alkanes) is 33. The number of nitrogens with zero attached hydrogens (tertiary/aromatic N) is 1. The maximum absolute atomic E-state index is 13.6. The SMILES string of the molecule is CC/C=C\C/C=C\C/C=C\C/C=C\C/C=C\CCCCCCCCCCCC(=O)OC(/C=C/CCCCCCCCCCC)C(COP(=O)(O)OCC[N+](C)(C)C)NC(=O)CCCCCCCCCCCCCC/C=C\C/C=C\C/C=C\CCCCC. The number of amides is 1. The summed E-state index contributed by atoms with van der Waals surface area (Å²) in [5.74, 6) is -0.512. The summed E-state index contributed by atoms with van der Waals surface area (Å²) in [4.78, 5) is 37.9. The van der Waals surface area contributed by atoms with Gasteiger partial charge in [-0.1, -0.05) is 297 Å². The van der Waals surface area contributed by atoms with Gasteiger partial charge < -0.3 is 19.4 Å². The molecule has 0 rings (SSSR count). The number of rotatable bonds is 65. The molecule has 0 heterocycles. The number of ether oxygens (including phenoxy) is 1. The lowest BCUT2D eigenvalue weighted by Gasteiger charge is -2.27. The number of esters is 1. The molecule has 0 aromatic heterocycles. The van der Waals surface area contributed by atoms with Gasteiger partial charge in [0.1, 0.15) is 19.3 Å². The molecule has 3 unspecified atom stereocenters. The Hall–Kier alpha value is -3.33. The number of nitrogens with one attached hydrogen (secondary N) is 1. The third-order valence-electron chi connectivity index (χ3n) is 15.7. The van der Waals surface area contributed by atoms with Crippen LogP contribution >= 0.6 is 7.82 Å². The van der Waals surface area contributed by atoms with Crippen molar-refractivity contribution in [2.45, 2.75) is 328 Å². The molecule has 0 aromatic rings. The fourth-order valence-electron chi connectivity index (χ4n) is 10.2. The topological polar surface area (TPSA) is 111 Å². The van der Waals surface area contributed by atoms with Crippen LogP contribution in [-0.4, -0.2) is 74.3 Å². The van der Waals surface area contributed by atoms with Crippen LogP contribution in [0.1, 0.15) is 316 Å². The van der Waals surface area contributed by atoms with Crippen LogP contribution in [0.4, 0.5) is 0 Å². The third-order valence-corrected chi connectivity index (χ3v) is 16.7. The van der Waals surface area contributed by atoms with Gasteiger partial charge in [-0.15, -0.1) is 0 Å². The highest BCUT2D eigenvalue weighted by molar-refractivity contribution is 7.47. The van der Waals surface area contributed by atoms with E-state index in [1.807, 2.05) is 33.3 Å². The van der Waals surface area contributed by atoms with Gasteiger partial charge in [-0.2, -0.15) is 0 Å². The number of allylic oxidation sites excluding steroid dienone is 17. The van der Waals surface area contributed by atoms with Gasteiger partial charge in [0.05, 0.1) is 33.8 Å². The predicted molar refractivity (Wildman–Crippen MR) is 378 cm³/mol. The molecule has 1 amide bonds. The van der Waals surface area contributed by atoms with Gasteiger partial charge in [-0.05, 0) is 115 Å². The molecule has 0 aliphatic rings. The van der Waals surface area contributed by atoms with Gasteiger partial charge >= 0.3 is 13.8 Å². The van der Waals surface area contributed by atoms with E-state index in [0.717, 1.165) is 116 Å². The fraction of sp³-hybridized carbons (Fsp3) is 0.740. The Morgan fingerprint density at radius 1 is 0.414 bits per heavy atom. The molecular weight excluding hydrogens is 1100 g/mol. The van der Waals surface area contributed by atoms with E-state index in [1.165, 1.54) is 167 Å². The summed E-state index contributed by atoms with van der Waals surface area (Å²) in [6, 6.07) is -0.859. The van der Waals surface area contributed by atoms with Crippen molar-refractivity contribution in [3.05, 3.63) is 109 Å². The van der Waals surface area contributed by atoms with Crippen LogP contribution in [0, 0.1) is 0 Å². The van der Waals surface area contributed by atoms with Crippen molar-refractivity contribution >= 4 is 19.7 Å². The van der Waals surface area contributed by atoms with Gasteiger partial charge in [-0.25, -0.2) is 4.57 Å². The summed E-state index contributed by atoms with van der Waals surface area (Å²) >= 11 is 0. The van der Waals surface area contributed by atoms with E-state index in [0.29, 0.717) is 17.4 Å². The summed E-state index contributed by atoms with van der Waals surface area (Å²) in [5, 5.41) is 3.07. The monoisotopic (exact) mass is 1230 g/mol. The Bertz CT molecular complexity index is 1860. The molecule has 9 nitrogen and oxygen atoms in total. The lowest BCUT2D eigenvalue weighted by molar-refractivity contribution is -0.870. The predicted octanol–water partition coefficient (Wildman–Crippen LogP) is 23.2. The second kappa shape index (κ2) is 65.6. The smallest absolute Gasteiger partial charge is 0.456 e. The molecule has 0 saturated heterocycles. The molecule has 10 heteroatoms. The van der Waals surface area contributed by atoms with E-state index < -0.39 is 20.0 Å². The van der Waals surface area contributed by atoms with Crippen molar-refractivity contribution in [2.75, 3.05) is 40.9 Å². The second-order valence-electron chi connectivity index (χ2n) is 25.4. The standard InChI is InChI=1S/C77H137N2O7P/c1-7-10-13-16-19-22-25-27-29-31-33-35-37-39-41-43-45-47-49-51-54-57-60-63-66-69-76(80)78-74(73-85-87(82,83)84-72-71-79(4,5)6)75(68-65-62-59-56-53-24-21-18-15-12-9-3)86-77(81)70-67-64-61-58-55-52-50-48-46-44-42-40-38-36-34-32-30-28-26-23-20-17-14-11-8-2/h11,14,19-20,22-23,27-30,33-36,40,42,65,68,74-75H,7-10,12-13,15-18,21,24-26,31-32,37-39,41,43-64,66-67,69-73H2,1-6H3,(H-,78,80,82,83)/p+1/b14-11-,22-19-,23-20-,29-27-,30-28-,35-33-,36-34-,42-40-,68-65+. The highest BCUT2D eigenvalue weighted by atomic mass is 31.2. The van der Waals surface area contributed by atoms with Crippen LogP contribution in [-0.2, 0) is 27.9 Å². The zero-order valence-corrected chi connectivity index (χ0v) is 58.4. The second-order valence-corrected chi connectivity index (χ2v) is 26.8. The van der Waals surface area contributed by atoms with Crippen molar-refractivity contribution in [3.63, 3.8) is 0 Å². The van der Waals surface area contributed by atoms with Crippen LogP contribution in [0.2, 0.25) is 0 Å². The Balaban J connectivity index is 5.02.